The highest BCUT2D eigenvalue weighted by atomic mass is 16.5. The number of rotatable bonds is 9. The fourth-order valence-electron chi connectivity index (χ4n) is 1.66. The Hall–Kier alpha value is -2.20. The number of aliphatic carboxylic acids is 3. The molecule has 0 rings (SSSR count). The number of carbonyl (C=O) groups excluding carboxylic acids is 2. The standard InChI is InChI=1S/C10H15NO8.H3N/c1-2-19-10(18)6-11(3-7(12)13,4-8(14)15)5-9(16)17;/h2-6H2,1H3,(H2-,12,13,14,15,16,17);1H3. The Kier molecular flexibility index (Phi) is 8.88. The van der Waals surface area contributed by atoms with Crippen LogP contribution in [0.2, 0.25) is 0 Å². The van der Waals surface area contributed by atoms with Crippen LogP contribution in [0.5, 0.6) is 0 Å². The Morgan fingerprint density at radius 1 is 1.00 bits per heavy atom. The molecule has 0 bridgehead atoms. The third-order valence-corrected chi connectivity index (χ3v) is 2.18. The zero-order chi connectivity index (χ0) is 15.1. The highest BCUT2D eigenvalue weighted by Gasteiger charge is 2.36. The molecule has 0 aromatic heterocycles. The van der Waals surface area contributed by atoms with Gasteiger partial charge in [0.15, 0.2) is 19.6 Å². The molecule has 10 nitrogen and oxygen atoms in total. The lowest BCUT2D eigenvalue weighted by Crippen LogP contribution is -2.60. The molecule has 0 radical (unpaired) electrons. The van der Waals surface area contributed by atoms with Crippen molar-refractivity contribution in [2.75, 3.05) is 32.8 Å². The molecule has 0 aliphatic carbocycles. The van der Waals surface area contributed by atoms with Gasteiger partial charge in [-0.2, -0.15) is 0 Å². The van der Waals surface area contributed by atoms with Gasteiger partial charge in [-0.3, -0.25) is 4.48 Å². The molecule has 0 atom stereocenters. The topological polar surface area (TPSA) is 176 Å². The molecule has 0 saturated carbocycles. The van der Waals surface area contributed by atoms with Crippen LogP contribution in [0.3, 0.4) is 0 Å². The highest BCUT2D eigenvalue weighted by Crippen LogP contribution is 2.07. The number of carbonyl (C=O) groups is 4. The molecule has 0 saturated heterocycles. The molecule has 0 aromatic rings. The molecular weight excluding hydrogens is 276 g/mol. The zero-order valence-electron chi connectivity index (χ0n) is 11.0. The Morgan fingerprint density at radius 2 is 1.45 bits per heavy atom. The summed E-state index contributed by atoms with van der Waals surface area (Å²) in [6.07, 6.45) is 0. The van der Waals surface area contributed by atoms with E-state index in [0.29, 0.717) is 0 Å². The van der Waals surface area contributed by atoms with Crippen LogP contribution < -0.4 is 11.3 Å². The smallest absolute Gasteiger partial charge is 0.361 e. The van der Waals surface area contributed by atoms with E-state index >= 15 is 0 Å². The predicted molar refractivity (Wildman–Crippen MR) is 61.7 cm³/mol. The maximum atomic E-state index is 11.4. The molecule has 0 heterocycles. The van der Waals surface area contributed by atoms with Crippen LogP contribution in [0.1, 0.15) is 6.92 Å². The number of carboxylic acid groups (broad SMARTS) is 3. The Balaban J connectivity index is 0. The van der Waals surface area contributed by atoms with Gasteiger partial charge in [-0.05, 0) is 6.92 Å². The minimum absolute atomic E-state index is 0. The molecule has 10 heteroatoms. The van der Waals surface area contributed by atoms with E-state index in [4.69, 9.17) is 10.2 Å². The van der Waals surface area contributed by atoms with E-state index in [0.717, 1.165) is 0 Å². The van der Waals surface area contributed by atoms with Crippen LogP contribution in [-0.2, 0) is 23.9 Å². The van der Waals surface area contributed by atoms with Gasteiger partial charge < -0.3 is 31.0 Å². The molecule has 0 aliphatic rings. The van der Waals surface area contributed by atoms with Crippen LogP contribution in [0, 0.1) is 0 Å². The molecule has 0 fully saturated rings. The molecular formula is C10H18N2O8. The van der Waals surface area contributed by atoms with Crippen LogP contribution in [0.25, 0.3) is 0 Å². The maximum Gasteiger partial charge on any atom is 0.361 e. The number of carboxylic acids is 3. The first-order valence-corrected chi connectivity index (χ1v) is 5.35. The number of esters is 1. The van der Waals surface area contributed by atoms with E-state index < -0.39 is 54.5 Å². The van der Waals surface area contributed by atoms with Gasteiger partial charge in [0, 0.05) is 0 Å². The summed E-state index contributed by atoms with van der Waals surface area (Å²) in [6, 6.07) is 0. The first-order chi connectivity index (χ1) is 8.70. The summed E-state index contributed by atoms with van der Waals surface area (Å²) in [7, 11) is 0. The molecule has 0 amide bonds. The summed E-state index contributed by atoms with van der Waals surface area (Å²) >= 11 is 0. The minimum atomic E-state index is -1.65. The molecule has 116 valence electrons. The van der Waals surface area contributed by atoms with Gasteiger partial charge in [-0.1, -0.05) is 0 Å². The van der Waals surface area contributed by atoms with Crippen molar-refractivity contribution in [3.05, 3.63) is 0 Å². The third kappa shape index (κ3) is 8.00. The summed E-state index contributed by atoms with van der Waals surface area (Å²) in [6.45, 7) is -1.71. The summed E-state index contributed by atoms with van der Waals surface area (Å²) in [5.41, 5.74) is 0. The minimum Gasteiger partial charge on any atom is -0.544 e. The zero-order valence-corrected chi connectivity index (χ0v) is 11.0. The lowest BCUT2D eigenvalue weighted by Gasteiger charge is -2.34. The summed E-state index contributed by atoms with van der Waals surface area (Å²) < 4.78 is 3.59. The second-order valence-electron chi connectivity index (χ2n) is 3.94. The van der Waals surface area contributed by atoms with Crippen molar-refractivity contribution in [3.63, 3.8) is 0 Å². The molecule has 0 aromatic carbocycles. The molecule has 20 heavy (non-hydrogen) atoms. The van der Waals surface area contributed by atoms with Crippen LogP contribution in [-0.4, -0.2) is 71.4 Å². The Bertz CT molecular complexity index is 341. The van der Waals surface area contributed by atoms with Crippen molar-refractivity contribution in [2.24, 2.45) is 0 Å². The van der Waals surface area contributed by atoms with Gasteiger partial charge in [0.05, 0.1) is 12.6 Å². The Morgan fingerprint density at radius 3 is 1.75 bits per heavy atom. The second-order valence-corrected chi connectivity index (χ2v) is 3.94. The molecule has 0 spiro atoms. The molecule has 0 aliphatic heterocycles. The first-order valence-electron chi connectivity index (χ1n) is 5.35. The largest absolute Gasteiger partial charge is 0.544 e. The van der Waals surface area contributed by atoms with Gasteiger partial charge >= 0.3 is 17.9 Å². The van der Waals surface area contributed by atoms with E-state index in [2.05, 4.69) is 4.74 Å². The highest BCUT2D eigenvalue weighted by molar-refractivity contribution is 5.75. The third-order valence-electron chi connectivity index (χ3n) is 2.18. The van der Waals surface area contributed by atoms with E-state index in [1.54, 1.807) is 0 Å². The Labute approximate surface area is 114 Å². The normalized spacial score (nSPS) is 10.2. The quantitative estimate of drug-likeness (QED) is 0.305. The van der Waals surface area contributed by atoms with Gasteiger partial charge in [-0.15, -0.1) is 0 Å². The number of hydrogen-bond donors (Lipinski definition) is 3. The van der Waals surface area contributed by atoms with Gasteiger partial charge in [0.25, 0.3) is 0 Å². The van der Waals surface area contributed by atoms with Gasteiger partial charge in [0.1, 0.15) is 6.54 Å². The summed E-state index contributed by atoms with van der Waals surface area (Å²) in [4.78, 5) is 43.5. The van der Waals surface area contributed by atoms with Crippen molar-refractivity contribution in [3.8, 4) is 0 Å². The van der Waals surface area contributed by atoms with E-state index in [-0.39, 0.29) is 12.8 Å². The van der Waals surface area contributed by atoms with Crippen molar-refractivity contribution in [2.45, 2.75) is 6.92 Å². The number of ether oxygens (including phenoxy) is 1. The van der Waals surface area contributed by atoms with Crippen LogP contribution in [0.4, 0.5) is 0 Å². The lowest BCUT2D eigenvalue weighted by atomic mass is 10.3. The second kappa shape index (κ2) is 8.82. The van der Waals surface area contributed by atoms with Crippen LogP contribution in [0.15, 0.2) is 0 Å². The summed E-state index contributed by atoms with van der Waals surface area (Å²) in [5, 5.41) is 28.1. The van der Waals surface area contributed by atoms with E-state index in [1.165, 1.54) is 6.92 Å². The average Bonchev–Trinajstić information content (AvgIpc) is 2.12. The number of hydrogen-bond acceptors (Lipinski definition) is 7. The molecule has 5 N–H and O–H groups in total. The lowest BCUT2D eigenvalue weighted by molar-refractivity contribution is -0.902. The van der Waals surface area contributed by atoms with Crippen molar-refractivity contribution in [1.29, 1.82) is 0 Å². The first kappa shape index (κ1) is 20.1. The van der Waals surface area contributed by atoms with Gasteiger partial charge in [0.2, 0.25) is 0 Å². The van der Waals surface area contributed by atoms with E-state index in [1.807, 2.05) is 0 Å². The average molecular weight is 294 g/mol. The predicted octanol–water partition coefficient (Wildman–Crippen LogP) is -2.55. The maximum absolute atomic E-state index is 11.4. The fraction of sp³-hybridized carbons (Fsp3) is 0.600. The fourth-order valence-corrected chi connectivity index (χ4v) is 1.66. The summed E-state index contributed by atoms with van der Waals surface area (Å²) in [5.74, 6) is -5.36. The monoisotopic (exact) mass is 294 g/mol. The van der Waals surface area contributed by atoms with E-state index in [9.17, 15) is 24.3 Å². The van der Waals surface area contributed by atoms with Crippen molar-refractivity contribution >= 4 is 23.9 Å². The molecule has 0 unspecified atom stereocenters. The van der Waals surface area contributed by atoms with Crippen LogP contribution >= 0.6 is 0 Å². The number of nitrogens with zero attached hydrogens (tertiary/aromatic N) is 1. The van der Waals surface area contributed by atoms with Gasteiger partial charge in [-0.25, -0.2) is 14.4 Å². The van der Waals surface area contributed by atoms with Crippen molar-refractivity contribution in [1.82, 2.24) is 6.15 Å². The van der Waals surface area contributed by atoms with Crippen molar-refractivity contribution < 1.29 is 43.7 Å². The SMILES string of the molecule is CCOC(=O)C[N+](CC(=O)[O-])(CC(=O)O)CC(=O)O.N. The number of quaternary nitrogens is 1.